The maximum Gasteiger partial charge on any atom is 0.122 e. The van der Waals surface area contributed by atoms with Gasteiger partial charge in [-0.2, -0.15) is 0 Å². The summed E-state index contributed by atoms with van der Waals surface area (Å²) < 4.78 is 5.59. The molecule has 0 bridgehead atoms. The fourth-order valence-corrected chi connectivity index (χ4v) is 1.71. The molecule has 1 heteroatoms. The number of ether oxygens (including phenoxy) is 1. The van der Waals surface area contributed by atoms with Gasteiger partial charge in [0.25, 0.3) is 0 Å². The Morgan fingerprint density at radius 2 is 2.07 bits per heavy atom. The number of benzene rings is 1. The van der Waals surface area contributed by atoms with Crippen LogP contribution in [0.5, 0.6) is 5.75 Å². The average molecular weight is 191 g/mol. The zero-order valence-corrected chi connectivity index (χ0v) is 9.34. The summed E-state index contributed by atoms with van der Waals surface area (Å²) in [7, 11) is 0. The minimum absolute atomic E-state index is 0.324. The Bertz CT molecular complexity index is 289. The maximum atomic E-state index is 5.59. The molecule has 1 aromatic rings. The zero-order chi connectivity index (χ0) is 10.6. The number of hydrogen-bond acceptors (Lipinski definition) is 1. The quantitative estimate of drug-likeness (QED) is 0.706. The van der Waals surface area contributed by atoms with Crippen molar-refractivity contribution >= 4 is 0 Å². The van der Waals surface area contributed by atoms with E-state index in [4.69, 9.17) is 4.74 Å². The van der Waals surface area contributed by atoms with Gasteiger partial charge in [-0.15, -0.1) is 0 Å². The van der Waals surface area contributed by atoms with E-state index in [-0.39, 0.29) is 0 Å². The second-order valence-corrected chi connectivity index (χ2v) is 3.51. The molecular weight excluding hydrogens is 172 g/mol. The Morgan fingerprint density at radius 1 is 1.36 bits per heavy atom. The molecule has 0 heterocycles. The lowest BCUT2D eigenvalue weighted by Gasteiger charge is -2.15. The third-order valence-corrected chi connectivity index (χ3v) is 2.35. The van der Waals surface area contributed by atoms with Gasteiger partial charge in [-0.05, 0) is 43.4 Å². The monoisotopic (exact) mass is 191 g/mol. The van der Waals surface area contributed by atoms with Crippen LogP contribution in [0.1, 0.15) is 37.8 Å². The third kappa shape index (κ3) is 2.28. The molecule has 0 amide bonds. The van der Waals surface area contributed by atoms with Gasteiger partial charge >= 0.3 is 0 Å². The lowest BCUT2D eigenvalue weighted by atomic mass is 9.95. The Morgan fingerprint density at radius 3 is 2.57 bits per heavy atom. The molecule has 0 saturated carbocycles. The van der Waals surface area contributed by atoms with Crippen LogP contribution in [0, 0.1) is 6.92 Å². The smallest absolute Gasteiger partial charge is 0.122 e. The Balaban J connectivity index is 3.11. The summed E-state index contributed by atoms with van der Waals surface area (Å²) in [6.07, 6.45) is 1.01. The second-order valence-electron chi connectivity index (χ2n) is 3.51. The molecule has 1 radical (unpaired) electrons. The van der Waals surface area contributed by atoms with Gasteiger partial charge in [0, 0.05) is 0 Å². The summed E-state index contributed by atoms with van der Waals surface area (Å²) in [4.78, 5) is 0. The molecular formula is C13H19O. The van der Waals surface area contributed by atoms with E-state index in [0.29, 0.717) is 5.92 Å². The molecule has 0 spiro atoms. The molecule has 1 nitrogen and oxygen atoms in total. The summed E-state index contributed by atoms with van der Waals surface area (Å²) in [5, 5.41) is 0. The van der Waals surface area contributed by atoms with Crippen LogP contribution >= 0.6 is 0 Å². The molecule has 0 aliphatic carbocycles. The molecule has 0 N–H and O–H groups in total. The van der Waals surface area contributed by atoms with E-state index in [9.17, 15) is 0 Å². The van der Waals surface area contributed by atoms with Crippen molar-refractivity contribution in [2.24, 2.45) is 0 Å². The van der Waals surface area contributed by atoms with Crippen LogP contribution in [-0.2, 0) is 6.42 Å². The molecule has 1 atom stereocenters. The molecule has 0 fully saturated rings. The molecule has 77 valence electrons. The lowest BCUT2D eigenvalue weighted by Crippen LogP contribution is -2.01. The molecule has 0 saturated heterocycles. The van der Waals surface area contributed by atoms with Crippen molar-refractivity contribution in [3.05, 3.63) is 36.2 Å². The van der Waals surface area contributed by atoms with E-state index in [1.54, 1.807) is 0 Å². The fourth-order valence-electron chi connectivity index (χ4n) is 1.71. The van der Waals surface area contributed by atoms with E-state index < -0.39 is 0 Å². The van der Waals surface area contributed by atoms with Crippen molar-refractivity contribution in [3.63, 3.8) is 0 Å². The van der Waals surface area contributed by atoms with Gasteiger partial charge < -0.3 is 4.74 Å². The van der Waals surface area contributed by atoms with Crippen LogP contribution in [0.3, 0.4) is 0 Å². The summed E-state index contributed by atoms with van der Waals surface area (Å²) in [5.41, 5.74) is 2.61. The van der Waals surface area contributed by atoms with Gasteiger partial charge in [-0.25, -0.2) is 0 Å². The van der Waals surface area contributed by atoms with Crippen LogP contribution in [0.4, 0.5) is 0 Å². The standard InChI is InChI=1S/C13H19O/c1-5-11-12(10(3)4)8-7-9-13(11)14-6-2/h7-10H,3,5-6H2,1-2,4H3. The fraction of sp³-hybridized carbons (Fsp3) is 0.462. The van der Waals surface area contributed by atoms with Gasteiger partial charge in [0.15, 0.2) is 0 Å². The van der Waals surface area contributed by atoms with Gasteiger partial charge in [0.05, 0.1) is 6.61 Å². The summed E-state index contributed by atoms with van der Waals surface area (Å²) in [6.45, 7) is 11.1. The predicted molar refractivity (Wildman–Crippen MR) is 60.8 cm³/mol. The minimum atomic E-state index is 0.324. The first-order valence-electron chi connectivity index (χ1n) is 5.28. The Hall–Kier alpha value is -0.980. The molecule has 0 aliphatic rings. The van der Waals surface area contributed by atoms with E-state index in [1.165, 1.54) is 11.1 Å². The summed E-state index contributed by atoms with van der Waals surface area (Å²) in [6, 6.07) is 6.22. The van der Waals surface area contributed by atoms with Gasteiger partial charge in [0.1, 0.15) is 5.75 Å². The van der Waals surface area contributed by atoms with E-state index in [2.05, 4.69) is 26.8 Å². The minimum Gasteiger partial charge on any atom is -0.494 e. The van der Waals surface area contributed by atoms with Crippen molar-refractivity contribution in [2.45, 2.75) is 33.1 Å². The van der Waals surface area contributed by atoms with Crippen molar-refractivity contribution in [1.82, 2.24) is 0 Å². The lowest BCUT2D eigenvalue weighted by molar-refractivity contribution is 0.336. The van der Waals surface area contributed by atoms with Gasteiger partial charge in [-0.3, -0.25) is 0 Å². The molecule has 1 aromatic carbocycles. The van der Waals surface area contributed by atoms with Crippen molar-refractivity contribution in [1.29, 1.82) is 0 Å². The van der Waals surface area contributed by atoms with Crippen LogP contribution in [-0.4, -0.2) is 6.61 Å². The highest BCUT2D eigenvalue weighted by Gasteiger charge is 2.09. The summed E-state index contributed by atoms with van der Waals surface area (Å²) >= 11 is 0. The summed E-state index contributed by atoms with van der Waals surface area (Å²) in [5.74, 6) is 1.34. The molecule has 14 heavy (non-hydrogen) atoms. The molecule has 0 aliphatic heterocycles. The first-order valence-corrected chi connectivity index (χ1v) is 5.28. The van der Waals surface area contributed by atoms with Gasteiger partial charge in [-0.1, -0.05) is 26.0 Å². The first kappa shape index (κ1) is 11.1. The molecule has 1 rings (SSSR count). The van der Waals surface area contributed by atoms with Crippen LogP contribution in [0.2, 0.25) is 0 Å². The highest BCUT2D eigenvalue weighted by atomic mass is 16.5. The highest BCUT2D eigenvalue weighted by Crippen LogP contribution is 2.28. The highest BCUT2D eigenvalue weighted by molar-refractivity contribution is 5.42. The number of hydrogen-bond donors (Lipinski definition) is 0. The van der Waals surface area contributed by atoms with E-state index >= 15 is 0 Å². The van der Waals surface area contributed by atoms with Crippen LogP contribution < -0.4 is 4.74 Å². The maximum absolute atomic E-state index is 5.59. The van der Waals surface area contributed by atoms with Crippen LogP contribution in [0.15, 0.2) is 18.2 Å². The van der Waals surface area contributed by atoms with E-state index in [0.717, 1.165) is 18.8 Å². The van der Waals surface area contributed by atoms with Crippen molar-refractivity contribution < 1.29 is 4.74 Å². The Labute approximate surface area is 87.1 Å². The first-order chi connectivity index (χ1) is 6.70. The molecule has 0 aromatic heterocycles. The second kappa shape index (κ2) is 5.04. The van der Waals surface area contributed by atoms with Crippen molar-refractivity contribution in [2.75, 3.05) is 6.61 Å². The van der Waals surface area contributed by atoms with Crippen molar-refractivity contribution in [3.8, 4) is 5.75 Å². The topological polar surface area (TPSA) is 9.23 Å². The molecule has 1 unspecified atom stereocenters. The largest absolute Gasteiger partial charge is 0.494 e. The van der Waals surface area contributed by atoms with Gasteiger partial charge in [0.2, 0.25) is 0 Å². The third-order valence-electron chi connectivity index (χ3n) is 2.35. The average Bonchev–Trinajstić information content (AvgIpc) is 2.18. The zero-order valence-electron chi connectivity index (χ0n) is 9.34. The van der Waals surface area contributed by atoms with Crippen LogP contribution in [0.25, 0.3) is 0 Å². The SMILES string of the molecule is [CH2]C(C)c1cccc(OCC)c1CC. The Kier molecular flexibility index (Phi) is 3.99. The normalized spacial score (nSPS) is 10.6. The number of rotatable bonds is 4. The predicted octanol–water partition coefficient (Wildman–Crippen LogP) is 3.59. The van der Waals surface area contributed by atoms with E-state index in [1.807, 2.05) is 19.1 Å².